The SMILES string of the molecule is CN(c1ccc([N+]#N)cc1Cl)C1CCCCC1.[Cl-].[Cl-].[Zn+2]. The van der Waals surface area contributed by atoms with Gasteiger partial charge in [0.05, 0.1) is 16.8 Å². The van der Waals surface area contributed by atoms with Gasteiger partial charge in [-0.3, -0.25) is 0 Å². The van der Waals surface area contributed by atoms with Crippen LogP contribution in [-0.4, -0.2) is 13.1 Å². The van der Waals surface area contributed by atoms with Gasteiger partial charge < -0.3 is 29.7 Å². The number of anilines is 1. The van der Waals surface area contributed by atoms with Crippen molar-refractivity contribution in [2.24, 2.45) is 0 Å². The van der Waals surface area contributed by atoms with Crippen LogP contribution in [0.2, 0.25) is 5.02 Å². The molecule has 0 saturated heterocycles. The zero-order valence-corrected chi connectivity index (χ0v) is 16.8. The molecule has 0 bridgehead atoms. The average molecular weight is 387 g/mol. The number of benzene rings is 1. The van der Waals surface area contributed by atoms with Crippen LogP contribution in [0.3, 0.4) is 0 Å². The maximum absolute atomic E-state index is 8.69. The van der Waals surface area contributed by atoms with E-state index in [0.717, 1.165) is 5.69 Å². The molecule has 0 amide bonds. The van der Waals surface area contributed by atoms with E-state index in [1.165, 1.54) is 32.1 Å². The Bertz CT molecular complexity index is 445. The Labute approximate surface area is 150 Å². The first-order valence-electron chi connectivity index (χ1n) is 6.10. The van der Waals surface area contributed by atoms with Gasteiger partial charge in [0.1, 0.15) is 0 Å². The van der Waals surface area contributed by atoms with E-state index in [9.17, 15) is 0 Å². The van der Waals surface area contributed by atoms with Crippen LogP contribution >= 0.6 is 11.6 Å². The van der Waals surface area contributed by atoms with Gasteiger partial charge in [0.2, 0.25) is 5.39 Å². The Balaban J connectivity index is 0. The number of halogens is 3. The summed E-state index contributed by atoms with van der Waals surface area (Å²) in [6.07, 6.45) is 6.42. The number of rotatable bonds is 2. The van der Waals surface area contributed by atoms with Crippen molar-refractivity contribution in [2.45, 2.75) is 38.1 Å². The molecule has 20 heavy (non-hydrogen) atoms. The van der Waals surface area contributed by atoms with Crippen molar-refractivity contribution in [1.82, 2.24) is 0 Å². The summed E-state index contributed by atoms with van der Waals surface area (Å²) in [6.45, 7) is 0. The van der Waals surface area contributed by atoms with E-state index < -0.39 is 0 Å². The molecule has 0 radical (unpaired) electrons. The van der Waals surface area contributed by atoms with Crippen LogP contribution in [0.25, 0.3) is 4.98 Å². The summed E-state index contributed by atoms with van der Waals surface area (Å²) in [6, 6.07) is 5.97. The number of diazo groups is 1. The summed E-state index contributed by atoms with van der Waals surface area (Å²) in [4.78, 5) is 5.39. The standard InChI is InChI=1S/C13H17ClN3.2ClH.Zn/c1-17(11-5-3-2-4-6-11)13-8-7-10(16-15)9-12(13)14;;;/h7-9,11H,2-6H2,1H3;2*1H;/q+1;;;+2/p-2. The van der Waals surface area contributed by atoms with E-state index in [2.05, 4.69) is 16.9 Å². The molecule has 0 heterocycles. The van der Waals surface area contributed by atoms with Crippen molar-refractivity contribution in [3.05, 3.63) is 28.2 Å². The minimum Gasteiger partial charge on any atom is -1.00 e. The van der Waals surface area contributed by atoms with E-state index in [4.69, 9.17) is 17.0 Å². The zero-order chi connectivity index (χ0) is 12.3. The molecule has 1 aromatic rings. The molecule has 1 aliphatic carbocycles. The molecule has 3 nitrogen and oxygen atoms in total. The molecule has 0 unspecified atom stereocenters. The van der Waals surface area contributed by atoms with E-state index >= 15 is 0 Å². The average Bonchev–Trinajstić information content (AvgIpc) is 2.39. The number of hydrogen-bond donors (Lipinski definition) is 0. The minimum absolute atomic E-state index is 0. The molecule has 0 spiro atoms. The molecular formula is C13H17Cl3N3Zn+. The zero-order valence-electron chi connectivity index (χ0n) is 11.5. The second-order valence-electron chi connectivity index (χ2n) is 4.64. The Kier molecular flexibility index (Phi) is 11.8. The molecule has 0 atom stereocenters. The van der Waals surface area contributed by atoms with Crippen molar-refractivity contribution in [3.8, 4) is 0 Å². The predicted octanol–water partition coefficient (Wildman–Crippen LogP) is -1.40. The second kappa shape index (κ2) is 10.6. The van der Waals surface area contributed by atoms with Gasteiger partial charge in [-0.05, 0) is 18.9 Å². The van der Waals surface area contributed by atoms with Gasteiger partial charge >= 0.3 is 25.2 Å². The second-order valence-corrected chi connectivity index (χ2v) is 5.05. The largest absolute Gasteiger partial charge is 2.00 e. The van der Waals surface area contributed by atoms with Gasteiger partial charge in [-0.2, -0.15) is 0 Å². The first-order valence-corrected chi connectivity index (χ1v) is 6.47. The maximum atomic E-state index is 8.69. The molecule has 1 fully saturated rings. The van der Waals surface area contributed by atoms with Crippen LogP contribution < -0.4 is 29.7 Å². The van der Waals surface area contributed by atoms with Gasteiger partial charge in [0, 0.05) is 19.2 Å². The summed E-state index contributed by atoms with van der Waals surface area (Å²) in [7, 11) is 2.09. The van der Waals surface area contributed by atoms with Gasteiger partial charge in [-0.1, -0.05) is 30.9 Å². The van der Waals surface area contributed by atoms with Gasteiger partial charge in [0.25, 0.3) is 0 Å². The van der Waals surface area contributed by atoms with Gasteiger partial charge in [-0.15, -0.1) is 0 Å². The van der Waals surface area contributed by atoms with Gasteiger partial charge in [-0.25, -0.2) is 0 Å². The summed E-state index contributed by atoms with van der Waals surface area (Å²) >= 11 is 6.21. The Morgan fingerprint density at radius 1 is 1.20 bits per heavy atom. The molecule has 0 aliphatic heterocycles. The van der Waals surface area contributed by atoms with E-state index in [-0.39, 0.29) is 44.3 Å². The summed E-state index contributed by atoms with van der Waals surface area (Å²) in [5.41, 5.74) is 1.52. The van der Waals surface area contributed by atoms with Crippen LogP contribution in [0.4, 0.5) is 11.4 Å². The maximum Gasteiger partial charge on any atom is 2.00 e. The summed E-state index contributed by atoms with van der Waals surface area (Å²) in [5, 5.41) is 9.34. The first kappa shape index (κ1) is 22.2. The smallest absolute Gasteiger partial charge is 1.00 e. The van der Waals surface area contributed by atoms with Crippen molar-refractivity contribution in [3.63, 3.8) is 0 Å². The fraction of sp³-hybridized carbons (Fsp3) is 0.538. The van der Waals surface area contributed by atoms with Crippen LogP contribution in [-0.2, 0) is 19.5 Å². The molecule has 0 N–H and O–H groups in total. The van der Waals surface area contributed by atoms with Crippen molar-refractivity contribution in [2.75, 3.05) is 11.9 Å². The fourth-order valence-corrected chi connectivity index (χ4v) is 2.82. The summed E-state index contributed by atoms with van der Waals surface area (Å²) < 4.78 is 0. The fourth-order valence-electron chi connectivity index (χ4n) is 2.51. The molecule has 1 aliphatic rings. The third kappa shape index (κ3) is 5.37. The molecule has 1 saturated carbocycles. The summed E-state index contributed by atoms with van der Waals surface area (Å²) in [5.74, 6) is 0. The van der Waals surface area contributed by atoms with E-state index in [1.54, 1.807) is 12.1 Å². The quantitative estimate of drug-likeness (QED) is 0.462. The number of hydrogen-bond acceptors (Lipinski definition) is 2. The normalized spacial score (nSPS) is 14.1. The molecule has 1 aromatic carbocycles. The topological polar surface area (TPSA) is 31.4 Å². The predicted molar refractivity (Wildman–Crippen MR) is 71.5 cm³/mol. The Hall–Kier alpha value is -0.0666. The molecular weight excluding hydrogens is 370 g/mol. The van der Waals surface area contributed by atoms with Crippen molar-refractivity contribution >= 4 is 23.0 Å². The van der Waals surface area contributed by atoms with E-state index in [1.807, 2.05) is 6.07 Å². The molecule has 7 heteroatoms. The third-order valence-corrected chi connectivity index (χ3v) is 3.85. The van der Waals surface area contributed by atoms with Crippen LogP contribution in [0.1, 0.15) is 32.1 Å². The van der Waals surface area contributed by atoms with Crippen LogP contribution in [0.5, 0.6) is 0 Å². The van der Waals surface area contributed by atoms with Crippen LogP contribution in [0.15, 0.2) is 18.2 Å². The molecule has 106 valence electrons. The number of nitrogens with zero attached hydrogens (tertiary/aromatic N) is 3. The Morgan fingerprint density at radius 2 is 1.80 bits per heavy atom. The van der Waals surface area contributed by atoms with Crippen LogP contribution in [0, 0.1) is 5.39 Å². The molecule has 0 aromatic heterocycles. The first-order chi connectivity index (χ1) is 8.22. The third-order valence-electron chi connectivity index (χ3n) is 3.55. The molecule has 2 rings (SSSR count). The van der Waals surface area contributed by atoms with Gasteiger partial charge in [0.15, 0.2) is 4.98 Å². The monoisotopic (exact) mass is 384 g/mol. The Morgan fingerprint density at radius 3 is 2.30 bits per heavy atom. The minimum atomic E-state index is 0. The van der Waals surface area contributed by atoms with Crippen molar-refractivity contribution in [1.29, 1.82) is 5.39 Å². The van der Waals surface area contributed by atoms with E-state index in [0.29, 0.717) is 16.8 Å². The van der Waals surface area contributed by atoms with Crippen molar-refractivity contribution < 1.29 is 44.3 Å².